The standard InChI is InChI=1S/C14H18N4O5S/c1-17(9-24(20)21)13-12(14(19)23-3)15-16-18(13)8-10-4-6-11(22-2)7-5-10/h4-7H,8-9H2,1-3H3,(H,20,21)/p-1. The van der Waals surface area contributed by atoms with Gasteiger partial charge in [-0.15, -0.1) is 5.10 Å². The highest BCUT2D eigenvalue weighted by Gasteiger charge is 2.23. The highest BCUT2D eigenvalue weighted by atomic mass is 32.2. The second-order valence-corrected chi connectivity index (χ2v) is 5.76. The zero-order valence-corrected chi connectivity index (χ0v) is 14.3. The van der Waals surface area contributed by atoms with Crippen LogP contribution in [0.1, 0.15) is 16.1 Å². The van der Waals surface area contributed by atoms with E-state index in [0.29, 0.717) is 12.3 Å². The van der Waals surface area contributed by atoms with E-state index in [4.69, 9.17) is 4.74 Å². The first-order valence-corrected chi connectivity index (χ1v) is 8.12. The topological polar surface area (TPSA) is 110 Å². The molecule has 2 aromatic rings. The maximum absolute atomic E-state index is 11.8. The lowest BCUT2D eigenvalue weighted by atomic mass is 10.2. The predicted molar refractivity (Wildman–Crippen MR) is 85.6 cm³/mol. The molecule has 0 aliphatic carbocycles. The van der Waals surface area contributed by atoms with Crippen LogP contribution in [0.15, 0.2) is 24.3 Å². The van der Waals surface area contributed by atoms with Crippen molar-refractivity contribution >= 4 is 22.9 Å². The molecule has 0 aliphatic heterocycles. The number of benzene rings is 1. The van der Waals surface area contributed by atoms with Crippen molar-refractivity contribution in [2.75, 3.05) is 32.0 Å². The minimum Gasteiger partial charge on any atom is -0.771 e. The summed E-state index contributed by atoms with van der Waals surface area (Å²) in [5.41, 5.74) is 0.842. The van der Waals surface area contributed by atoms with Gasteiger partial charge in [0.2, 0.25) is 5.69 Å². The van der Waals surface area contributed by atoms with E-state index in [1.807, 2.05) is 12.1 Å². The largest absolute Gasteiger partial charge is 0.771 e. The van der Waals surface area contributed by atoms with Crippen LogP contribution in [0.25, 0.3) is 0 Å². The maximum atomic E-state index is 11.8. The molecule has 9 nitrogen and oxygen atoms in total. The number of methoxy groups -OCH3 is 2. The number of ether oxygens (including phenoxy) is 2. The molecular formula is C14H17N4O5S-. The van der Waals surface area contributed by atoms with Gasteiger partial charge < -0.3 is 18.9 Å². The molecule has 0 amide bonds. The maximum Gasteiger partial charge on any atom is 0.362 e. The molecule has 0 saturated carbocycles. The third kappa shape index (κ3) is 4.09. The number of carbonyl (C=O) groups excluding carboxylic acids is 1. The zero-order valence-electron chi connectivity index (χ0n) is 13.5. The van der Waals surface area contributed by atoms with E-state index >= 15 is 0 Å². The van der Waals surface area contributed by atoms with Crippen molar-refractivity contribution in [2.24, 2.45) is 0 Å². The summed E-state index contributed by atoms with van der Waals surface area (Å²) in [6, 6.07) is 7.27. The summed E-state index contributed by atoms with van der Waals surface area (Å²) in [6.07, 6.45) is 0. The summed E-state index contributed by atoms with van der Waals surface area (Å²) in [5, 5.41) is 7.76. The van der Waals surface area contributed by atoms with Crippen molar-refractivity contribution in [1.82, 2.24) is 15.0 Å². The van der Waals surface area contributed by atoms with Crippen molar-refractivity contribution in [3.8, 4) is 5.75 Å². The summed E-state index contributed by atoms with van der Waals surface area (Å²) < 4.78 is 33.2. The van der Waals surface area contributed by atoms with Crippen LogP contribution < -0.4 is 9.64 Å². The fraction of sp³-hybridized carbons (Fsp3) is 0.357. The molecule has 0 aliphatic rings. The molecule has 1 aromatic carbocycles. The van der Waals surface area contributed by atoms with Crippen molar-refractivity contribution < 1.29 is 23.0 Å². The first-order chi connectivity index (χ1) is 11.5. The Labute approximate surface area is 141 Å². The highest BCUT2D eigenvalue weighted by Crippen LogP contribution is 2.20. The van der Waals surface area contributed by atoms with Crippen molar-refractivity contribution in [3.63, 3.8) is 0 Å². The number of hydrogen-bond donors (Lipinski definition) is 0. The Balaban J connectivity index is 2.35. The minimum absolute atomic E-state index is 0.0426. The van der Waals surface area contributed by atoms with Crippen LogP contribution in [0.3, 0.4) is 0 Å². The molecule has 10 heteroatoms. The van der Waals surface area contributed by atoms with E-state index in [-0.39, 0.29) is 17.4 Å². The molecule has 1 aromatic heterocycles. The quantitative estimate of drug-likeness (QED) is 0.519. The molecule has 0 saturated heterocycles. The van der Waals surface area contributed by atoms with Crippen LogP contribution in [-0.2, 0) is 22.4 Å². The summed E-state index contributed by atoms with van der Waals surface area (Å²) in [7, 11) is 4.33. The summed E-state index contributed by atoms with van der Waals surface area (Å²) in [6.45, 7) is 0.305. The van der Waals surface area contributed by atoms with Gasteiger partial charge in [-0.2, -0.15) is 0 Å². The normalized spacial score (nSPS) is 11.8. The zero-order chi connectivity index (χ0) is 17.7. The fourth-order valence-corrected chi connectivity index (χ4v) is 2.58. The van der Waals surface area contributed by atoms with E-state index < -0.39 is 17.0 Å². The number of hydrogen-bond acceptors (Lipinski definition) is 8. The number of anilines is 1. The lowest BCUT2D eigenvalue weighted by Gasteiger charge is -2.21. The van der Waals surface area contributed by atoms with Gasteiger partial charge in [-0.3, -0.25) is 4.21 Å². The molecular weight excluding hydrogens is 336 g/mol. The van der Waals surface area contributed by atoms with Gasteiger partial charge in [0.05, 0.1) is 26.6 Å². The van der Waals surface area contributed by atoms with E-state index in [1.54, 1.807) is 19.2 Å². The Hall–Kier alpha value is -2.46. The highest BCUT2D eigenvalue weighted by molar-refractivity contribution is 7.79. The molecule has 0 radical (unpaired) electrons. The Morgan fingerprint density at radius 1 is 1.33 bits per heavy atom. The van der Waals surface area contributed by atoms with Crippen LogP contribution in [0, 0.1) is 0 Å². The molecule has 0 spiro atoms. The van der Waals surface area contributed by atoms with E-state index in [9.17, 15) is 13.6 Å². The Morgan fingerprint density at radius 2 is 2.00 bits per heavy atom. The molecule has 1 atom stereocenters. The van der Waals surface area contributed by atoms with E-state index in [2.05, 4.69) is 15.0 Å². The Bertz CT molecular complexity index is 731. The molecule has 0 fully saturated rings. The third-order valence-corrected chi connectivity index (χ3v) is 3.84. The van der Waals surface area contributed by atoms with Gasteiger partial charge in [-0.1, -0.05) is 17.3 Å². The lowest BCUT2D eigenvalue weighted by Crippen LogP contribution is -2.27. The summed E-state index contributed by atoms with van der Waals surface area (Å²) in [5.74, 6) is -0.0111. The summed E-state index contributed by atoms with van der Waals surface area (Å²) >= 11 is -2.32. The van der Waals surface area contributed by atoms with Crippen molar-refractivity contribution in [2.45, 2.75) is 6.54 Å². The van der Waals surface area contributed by atoms with Gasteiger partial charge in [0.15, 0.2) is 5.82 Å². The van der Waals surface area contributed by atoms with Gasteiger partial charge in [0.1, 0.15) is 5.75 Å². The van der Waals surface area contributed by atoms with Crippen LogP contribution >= 0.6 is 0 Å². The number of rotatable bonds is 7. The molecule has 0 bridgehead atoms. The van der Waals surface area contributed by atoms with E-state index in [1.165, 1.54) is 23.7 Å². The molecule has 2 rings (SSSR count). The first-order valence-electron chi connectivity index (χ1n) is 6.88. The monoisotopic (exact) mass is 353 g/mol. The first kappa shape index (κ1) is 17.9. The van der Waals surface area contributed by atoms with Crippen LogP contribution in [0.2, 0.25) is 0 Å². The molecule has 130 valence electrons. The van der Waals surface area contributed by atoms with Crippen molar-refractivity contribution in [3.05, 3.63) is 35.5 Å². The number of aromatic nitrogens is 3. The lowest BCUT2D eigenvalue weighted by molar-refractivity contribution is 0.0594. The predicted octanol–water partition coefficient (Wildman–Crippen LogP) is 0.394. The second kappa shape index (κ2) is 7.88. The molecule has 24 heavy (non-hydrogen) atoms. The van der Waals surface area contributed by atoms with Gasteiger partial charge in [-0.05, 0) is 28.8 Å². The average Bonchev–Trinajstić information content (AvgIpc) is 2.98. The number of esters is 1. The van der Waals surface area contributed by atoms with E-state index in [0.717, 1.165) is 5.56 Å². The van der Waals surface area contributed by atoms with Gasteiger partial charge in [0, 0.05) is 7.05 Å². The van der Waals surface area contributed by atoms with Crippen LogP contribution in [-0.4, -0.2) is 56.9 Å². The Morgan fingerprint density at radius 3 is 2.54 bits per heavy atom. The fourth-order valence-electron chi connectivity index (χ4n) is 2.14. The van der Waals surface area contributed by atoms with Crippen LogP contribution in [0.4, 0.5) is 5.82 Å². The summed E-state index contributed by atoms with van der Waals surface area (Å²) in [4.78, 5) is 13.2. The van der Waals surface area contributed by atoms with Gasteiger partial charge in [0.25, 0.3) is 0 Å². The van der Waals surface area contributed by atoms with Gasteiger partial charge >= 0.3 is 5.97 Å². The van der Waals surface area contributed by atoms with Gasteiger partial charge in [-0.25, -0.2) is 9.48 Å². The number of carbonyl (C=O) groups is 1. The SMILES string of the molecule is COC(=O)c1nnn(Cc2ccc(OC)cc2)c1N(C)CS(=O)[O-]. The minimum atomic E-state index is -2.32. The molecule has 0 N–H and O–H groups in total. The smallest absolute Gasteiger partial charge is 0.362 e. The third-order valence-electron chi connectivity index (χ3n) is 3.24. The Kier molecular flexibility index (Phi) is 5.88. The van der Waals surface area contributed by atoms with Crippen molar-refractivity contribution in [1.29, 1.82) is 0 Å². The average molecular weight is 353 g/mol. The number of nitrogens with zero attached hydrogens (tertiary/aromatic N) is 4. The second-order valence-electron chi connectivity index (χ2n) is 4.89. The molecule has 1 unspecified atom stereocenters. The molecule has 1 heterocycles. The van der Waals surface area contributed by atoms with Crippen LogP contribution in [0.5, 0.6) is 5.75 Å².